The van der Waals surface area contributed by atoms with Crippen molar-refractivity contribution >= 4 is 17.3 Å². The molecule has 5 nitrogen and oxygen atoms in total. The number of carbonyl (C=O) groups excluding carboxylic acids is 1. The van der Waals surface area contributed by atoms with Crippen LogP contribution in [0.5, 0.6) is 0 Å². The van der Waals surface area contributed by atoms with Crippen LogP contribution in [0.1, 0.15) is 0 Å². The third-order valence-corrected chi connectivity index (χ3v) is 3.13. The summed E-state index contributed by atoms with van der Waals surface area (Å²) in [5.74, 6) is -1.74. The molecule has 0 bridgehead atoms. The second kappa shape index (κ2) is 5.40. The minimum Gasteiger partial charge on any atom is -0.397 e. The van der Waals surface area contributed by atoms with Gasteiger partial charge in [-0.25, -0.2) is 8.78 Å². The van der Waals surface area contributed by atoms with Gasteiger partial charge in [-0.1, -0.05) is 0 Å². The highest BCUT2D eigenvalue weighted by Crippen LogP contribution is 2.28. The molecule has 0 radical (unpaired) electrons. The van der Waals surface area contributed by atoms with Crippen molar-refractivity contribution in [3.63, 3.8) is 0 Å². The van der Waals surface area contributed by atoms with Crippen molar-refractivity contribution in [2.75, 3.05) is 43.4 Å². The van der Waals surface area contributed by atoms with E-state index in [4.69, 9.17) is 11.5 Å². The zero-order valence-corrected chi connectivity index (χ0v) is 10.4. The highest BCUT2D eigenvalue weighted by Gasteiger charge is 2.22. The molecule has 1 fully saturated rings. The van der Waals surface area contributed by atoms with E-state index in [1.54, 1.807) is 4.90 Å². The molecule has 1 heterocycles. The third kappa shape index (κ3) is 3.11. The van der Waals surface area contributed by atoms with Crippen LogP contribution in [-0.4, -0.2) is 43.5 Å². The molecule has 0 saturated carbocycles. The van der Waals surface area contributed by atoms with Gasteiger partial charge in [0.05, 0.1) is 17.9 Å². The van der Waals surface area contributed by atoms with Crippen LogP contribution < -0.4 is 16.4 Å². The lowest BCUT2D eigenvalue weighted by atomic mass is 10.2. The lowest BCUT2D eigenvalue weighted by molar-refractivity contribution is -0.119. The van der Waals surface area contributed by atoms with E-state index in [2.05, 4.69) is 0 Å². The van der Waals surface area contributed by atoms with Crippen molar-refractivity contribution in [3.8, 4) is 0 Å². The number of piperazine rings is 1. The number of rotatable bonds is 3. The summed E-state index contributed by atoms with van der Waals surface area (Å²) in [6.07, 6.45) is 0. The SMILES string of the molecule is NC(=O)CN1CCN(c2c(N)cc(F)cc2F)CC1. The highest BCUT2D eigenvalue weighted by molar-refractivity contribution is 5.76. The Morgan fingerprint density at radius 2 is 1.84 bits per heavy atom. The van der Waals surface area contributed by atoms with Crippen LogP contribution >= 0.6 is 0 Å². The van der Waals surface area contributed by atoms with E-state index < -0.39 is 11.6 Å². The lowest BCUT2D eigenvalue weighted by Gasteiger charge is -2.36. The Balaban J connectivity index is 2.08. The molecule has 1 saturated heterocycles. The Morgan fingerprint density at radius 3 is 2.37 bits per heavy atom. The van der Waals surface area contributed by atoms with Gasteiger partial charge in [-0.15, -0.1) is 0 Å². The van der Waals surface area contributed by atoms with Crippen molar-refractivity contribution in [2.24, 2.45) is 5.73 Å². The summed E-state index contributed by atoms with van der Waals surface area (Å²) in [4.78, 5) is 14.4. The van der Waals surface area contributed by atoms with E-state index in [0.717, 1.165) is 12.1 Å². The van der Waals surface area contributed by atoms with Gasteiger partial charge in [0, 0.05) is 32.2 Å². The molecule has 1 aromatic rings. The summed E-state index contributed by atoms with van der Waals surface area (Å²) < 4.78 is 26.7. The van der Waals surface area contributed by atoms with E-state index in [0.29, 0.717) is 26.2 Å². The number of nitrogens with two attached hydrogens (primary N) is 2. The maximum Gasteiger partial charge on any atom is 0.231 e. The summed E-state index contributed by atoms with van der Waals surface area (Å²) in [5.41, 5.74) is 11.1. The molecule has 0 unspecified atom stereocenters. The zero-order valence-electron chi connectivity index (χ0n) is 10.4. The summed E-state index contributed by atoms with van der Waals surface area (Å²) in [5, 5.41) is 0. The first kappa shape index (κ1) is 13.5. The zero-order chi connectivity index (χ0) is 14.0. The fraction of sp³-hybridized carbons (Fsp3) is 0.417. The second-order valence-corrected chi connectivity index (χ2v) is 4.55. The van der Waals surface area contributed by atoms with Crippen LogP contribution in [-0.2, 0) is 4.79 Å². The molecule has 1 aromatic carbocycles. The fourth-order valence-corrected chi connectivity index (χ4v) is 2.27. The smallest absolute Gasteiger partial charge is 0.231 e. The molecule has 19 heavy (non-hydrogen) atoms. The molecule has 2 rings (SSSR count). The monoisotopic (exact) mass is 270 g/mol. The predicted octanol–water partition coefficient (Wildman–Crippen LogP) is 0.154. The van der Waals surface area contributed by atoms with Gasteiger partial charge in [0.15, 0.2) is 5.82 Å². The maximum atomic E-state index is 13.8. The Morgan fingerprint density at radius 1 is 1.21 bits per heavy atom. The van der Waals surface area contributed by atoms with E-state index in [1.165, 1.54) is 0 Å². The number of nitrogens with zero attached hydrogens (tertiary/aromatic N) is 2. The molecule has 0 spiro atoms. The van der Waals surface area contributed by atoms with Gasteiger partial charge in [0.2, 0.25) is 5.91 Å². The van der Waals surface area contributed by atoms with Crippen LogP contribution in [0.25, 0.3) is 0 Å². The number of anilines is 2. The van der Waals surface area contributed by atoms with Gasteiger partial charge in [-0.3, -0.25) is 9.69 Å². The number of nitrogen functional groups attached to an aromatic ring is 1. The third-order valence-electron chi connectivity index (χ3n) is 3.13. The van der Waals surface area contributed by atoms with Crippen molar-refractivity contribution in [3.05, 3.63) is 23.8 Å². The first-order chi connectivity index (χ1) is 8.97. The minimum atomic E-state index is -0.689. The van der Waals surface area contributed by atoms with Crippen molar-refractivity contribution < 1.29 is 13.6 Å². The average molecular weight is 270 g/mol. The number of benzene rings is 1. The van der Waals surface area contributed by atoms with Gasteiger partial charge >= 0.3 is 0 Å². The van der Waals surface area contributed by atoms with Crippen LogP contribution in [0.15, 0.2) is 12.1 Å². The van der Waals surface area contributed by atoms with Gasteiger partial charge in [-0.05, 0) is 6.07 Å². The molecule has 104 valence electrons. The Hall–Kier alpha value is -1.89. The molecular weight excluding hydrogens is 254 g/mol. The molecule has 4 N–H and O–H groups in total. The summed E-state index contributed by atoms with van der Waals surface area (Å²) >= 11 is 0. The fourth-order valence-electron chi connectivity index (χ4n) is 2.27. The van der Waals surface area contributed by atoms with Crippen molar-refractivity contribution in [1.82, 2.24) is 4.90 Å². The summed E-state index contributed by atoms with van der Waals surface area (Å²) in [6, 6.07) is 1.93. The standard InChI is InChI=1S/C12H16F2N4O/c13-8-5-9(14)12(10(15)6-8)18-3-1-17(2-4-18)7-11(16)19/h5-6H,1-4,7,15H2,(H2,16,19). The summed E-state index contributed by atoms with van der Waals surface area (Å²) in [7, 11) is 0. The number of primary amides is 1. The van der Waals surface area contributed by atoms with Crippen LogP contribution in [0, 0.1) is 11.6 Å². The number of carbonyl (C=O) groups is 1. The molecular formula is C12H16F2N4O. The number of amides is 1. The van der Waals surface area contributed by atoms with E-state index >= 15 is 0 Å². The molecule has 1 amide bonds. The molecule has 0 atom stereocenters. The van der Waals surface area contributed by atoms with Gasteiger partial charge in [0.1, 0.15) is 5.82 Å². The molecule has 1 aliphatic rings. The number of hydrogen-bond acceptors (Lipinski definition) is 4. The molecule has 7 heteroatoms. The van der Waals surface area contributed by atoms with Gasteiger partial charge in [-0.2, -0.15) is 0 Å². The number of hydrogen-bond donors (Lipinski definition) is 2. The van der Waals surface area contributed by atoms with Crippen LogP contribution in [0.4, 0.5) is 20.2 Å². The van der Waals surface area contributed by atoms with E-state index in [9.17, 15) is 13.6 Å². The topological polar surface area (TPSA) is 75.6 Å². The first-order valence-corrected chi connectivity index (χ1v) is 5.97. The van der Waals surface area contributed by atoms with Gasteiger partial charge in [0.25, 0.3) is 0 Å². The molecule has 0 aromatic heterocycles. The van der Waals surface area contributed by atoms with E-state index in [1.807, 2.05) is 4.90 Å². The quantitative estimate of drug-likeness (QED) is 0.767. The van der Waals surface area contributed by atoms with Crippen LogP contribution in [0.3, 0.4) is 0 Å². The Kier molecular flexibility index (Phi) is 3.84. The Labute approximate surface area is 109 Å². The van der Waals surface area contributed by atoms with Crippen LogP contribution in [0.2, 0.25) is 0 Å². The molecule has 1 aliphatic heterocycles. The number of halogens is 2. The normalized spacial score (nSPS) is 16.6. The van der Waals surface area contributed by atoms with Gasteiger partial charge < -0.3 is 16.4 Å². The maximum absolute atomic E-state index is 13.8. The second-order valence-electron chi connectivity index (χ2n) is 4.55. The Bertz CT molecular complexity index is 464. The predicted molar refractivity (Wildman–Crippen MR) is 68.6 cm³/mol. The lowest BCUT2D eigenvalue weighted by Crippen LogP contribution is -2.49. The highest BCUT2D eigenvalue weighted by atomic mass is 19.1. The van der Waals surface area contributed by atoms with E-state index in [-0.39, 0.29) is 23.8 Å². The minimum absolute atomic E-state index is 0.0841. The first-order valence-electron chi connectivity index (χ1n) is 5.97. The summed E-state index contributed by atoms with van der Waals surface area (Å²) in [6.45, 7) is 2.38. The van der Waals surface area contributed by atoms with Crippen molar-refractivity contribution in [2.45, 2.75) is 0 Å². The largest absolute Gasteiger partial charge is 0.397 e. The molecule has 0 aliphatic carbocycles. The van der Waals surface area contributed by atoms with Crippen molar-refractivity contribution in [1.29, 1.82) is 0 Å². The average Bonchev–Trinajstić information content (AvgIpc) is 2.29.